The van der Waals surface area contributed by atoms with E-state index in [4.69, 9.17) is 29.5 Å². The van der Waals surface area contributed by atoms with E-state index in [1.807, 2.05) is 19.9 Å². The fourth-order valence-corrected chi connectivity index (χ4v) is 6.29. The van der Waals surface area contributed by atoms with Gasteiger partial charge in [-0.15, -0.1) is 0 Å². The van der Waals surface area contributed by atoms with Crippen molar-refractivity contribution in [3.8, 4) is 11.8 Å². The van der Waals surface area contributed by atoms with Gasteiger partial charge in [0, 0.05) is 0 Å². The van der Waals surface area contributed by atoms with Crippen molar-refractivity contribution in [2.45, 2.75) is 70.5 Å². The summed E-state index contributed by atoms with van der Waals surface area (Å²) in [5.74, 6) is -0.142. The van der Waals surface area contributed by atoms with Crippen LogP contribution in [0.2, 0.25) is 0 Å². The van der Waals surface area contributed by atoms with Crippen molar-refractivity contribution in [1.82, 2.24) is 19.7 Å². The van der Waals surface area contributed by atoms with Gasteiger partial charge in [0.2, 0.25) is 0 Å². The Kier molecular flexibility index (Phi) is 10.1. The predicted molar refractivity (Wildman–Crippen MR) is 155 cm³/mol. The summed E-state index contributed by atoms with van der Waals surface area (Å²) in [4.78, 5) is 16.7. The molecule has 232 valence electrons. The molecule has 1 saturated heterocycles. The minimum absolute atomic E-state index is 0.0992. The van der Waals surface area contributed by atoms with Crippen molar-refractivity contribution in [1.29, 1.82) is 5.26 Å². The molecule has 1 fully saturated rings. The molecule has 0 aliphatic carbocycles. The van der Waals surface area contributed by atoms with E-state index in [1.54, 1.807) is 19.1 Å². The first kappa shape index (κ1) is 32.3. The Morgan fingerprint density at radius 2 is 1.95 bits per heavy atom. The van der Waals surface area contributed by atoms with Gasteiger partial charge in [-0.05, 0) is 56.2 Å². The lowest BCUT2D eigenvalue weighted by atomic mass is 9.93. The van der Waals surface area contributed by atoms with E-state index in [2.05, 4.69) is 15.2 Å². The summed E-state index contributed by atoms with van der Waals surface area (Å²) in [6.45, 7) is 6.75. The van der Waals surface area contributed by atoms with E-state index < -0.39 is 50.3 Å². The zero-order chi connectivity index (χ0) is 31.4. The highest BCUT2D eigenvalue weighted by molar-refractivity contribution is 7.52. The van der Waals surface area contributed by atoms with Gasteiger partial charge < -0.3 is 29.9 Å². The molecule has 5 N–H and O–H groups in total. The third-order valence-electron chi connectivity index (χ3n) is 7.59. The van der Waals surface area contributed by atoms with Crippen LogP contribution in [0.15, 0.2) is 42.7 Å². The fraction of sp³-hybridized carbons (Fsp3) is 0.500. The Morgan fingerprint density at radius 1 is 1.26 bits per heavy atom. The van der Waals surface area contributed by atoms with Crippen LogP contribution >= 0.6 is 7.75 Å². The molecular formula is C28H37N6O8P. The number of fused-ring (bicyclic) bond motifs is 1. The molecule has 3 aromatic rings. The average Bonchev–Trinajstić information content (AvgIpc) is 3.53. The molecule has 1 aliphatic heterocycles. The molecule has 0 spiro atoms. The summed E-state index contributed by atoms with van der Waals surface area (Å²) in [6, 6.07) is 10.00. The smallest absolute Gasteiger partial charge is 0.459 e. The third-order valence-corrected chi connectivity index (χ3v) is 9.24. The summed E-state index contributed by atoms with van der Waals surface area (Å²) in [5.41, 5.74) is 5.72. The van der Waals surface area contributed by atoms with Gasteiger partial charge >= 0.3 is 13.7 Å². The van der Waals surface area contributed by atoms with Gasteiger partial charge in [-0.25, -0.2) is 14.1 Å². The van der Waals surface area contributed by atoms with Gasteiger partial charge in [0.25, 0.3) is 0 Å². The maximum absolute atomic E-state index is 14.0. The van der Waals surface area contributed by atoms with Crippen molar-refractivity contribution in [3.63, 3.8) is 0 Å². The van der Waals surface area contributed by atoms with Gasteiger partial charge in [-0.2, -0.15) is 15.4 Å². The number of aliphatic hydroxyl groups excluding tert-OH is 2. The van der Waals surface area contributed by atoms with Crippen LogP contribution in [0.5, 0.6) is 5.75 Å². The van der Waals surface area contributed by atoms with E-state index in [1.165, 1.54) is 42.0 Å². The summed E-state index contributed by atoms with van der Waals surface area (Å²) in [7, 11) is -4.33. The van der Waals surface area contributed by atoms with Crippen molar-refractivity contribution in [3.05, 3.63) is 54.0 Å². The van der Waals surface area contributed by atoms with E-state index in [0.29, 0.717) is 16.8 Å². The second-order valence-corrected chi connectivity index (χ2v) is 12.2. The van der Waals surface area contributed by atoms with E-state index in [0.717, 1.165) is 12.8 Å². The van der Waals surface area contributed by atoms with Crippen molar-refractivity contribution >= 4 is 25.1 Å². The number of nitrogens with one attached hydrogen (secondary N) is 1. The van der Waals surface area contributed by atoms with Crippen molar-refractivity contribution < 1.29 is 38.1 Å². The van der Waals surface area contributed by atoms with Crippen LogP contribution in [-0.4, -0.2) is 68.3 Å². The number of nitrogens with zero attached hydrogens (tertiary/aromatic N) is 4. The number of esters is 1. The first-order chi connectivity index (χ1) is 20.4. The molecule has 15 heteroatoms. The molecule has 2 aromatic heterocycles. The first-order valence-electron chi connectivity index (χ1n) is 14.0. The maximum atomic E-state index is 14.0. The number of hydrogen-bond donors (Lipinski definition) is 4. The Bertz CT molecular complexity index is 1510. The van der Waals surface area contributed by atoms with E-state index in [9.17, 15) is 19.6 Å². The molecule has 43 heavy (non-hydrogen) atoms. The second-order valence-electron chi connectivity index (χ2n) is 10.5. The molecule has 6 atom stereocenters. The van der Waals surface area contributed by atoms with Gasteiger partial charge in [-0.3, -0.25) is 9.32 Å². The molecule has 1 aromatic carbocycles. The number of carbonyl (C=O) groups excluding carboxylic acids is 1. The Balaban J connectivity index is 1.52. The van der Waals surface area contributed by atoms with Crippen molar-refractivity contribution in [2.24, 2.45) is 5.92 Å². The van der Waals surface area contributed by atoms with E-state index in [-0.39, 0.29) is 24.1 Å². The molecule has 0 bridgehead atoms. The Hall–Kier alpha value is -3.57. The first-order valence-corrected chi connectivity index (χ1v) is 15.5. The number of nitrogen functional groups attached to an aromatic ring is 1. The monoisotopic (exact) mass is 616 g/mol. The highest BCUT2D eigenvalue weighted by Crippen LogP contribution is 2.47. The Morgan fingerprint density at radius 3 is 2.60 bits per heavy atom. The van der Waals surface area contributed by atoms with Crippen LogP contribution in [-0.2, 0) is 29.0 Å². The van der Waals surface area contributed by atoms with E-state index >= 15 is 0 Å². The van der Waals surface area contributed by atoms with Crippen LogP contribution in [0, 0.1) is 17.2 Å². The minimum Gasteiger partial charge on any atom is -0.464 e. The number of hydrogen-bond acceptors (Lipinski definition) is 12. The summed E-state index contributed by atoms with van der Waals surface area (Å²) >= 11 is 0. The normalized spacial score (nSPS) is 24.0. The van der Waals surface area contributed by atoms with Crippen LogP contribution in [0.25, 0.3) is 5.52 Å². The van der Waals surface area contributed by atoms with Crippen LogP contribution in [0.3, 0.4) is 0 Å². The third kappa shape index (κ3) is 6.99. The quantitative estimate of drug-likeness (QED) is 0.161. The highest BCUT2D eigenvalue weighted by atomic mass is 31.2. The molecule has 14 nitrogen and oxygen atoms in total. The SMILES string of the molecule is CCC(CC)COC(=O)[C@H](C)NP(=O)(OC[C@H]1O[C@@](C)(c2ccc3c(N)ncnn23)[C@H](O)[C@@H]1O)Oc1ccc(C#N)cc1. The number of nitrogens with two attached hydrogens (primary N) is 1. The van der Waals surface area contributed by atoms with Gasteiger partial charge in [0.05, 0.1) is 30.5 Å². The molecule has 4 rings (SSSR count). The number of benzene rings is 1. The largest absolute Gasteiger partial charge is 0.464 e. The number of ether oxygens (including phenoxy) is 2. The summed E-state index contributed by atoms with van der Waals surface area (Å²) in [5, 5.41) is 37.8. The average molecular weight is 617 g/mol. The van der Waals surface area contributed by atoms with Crippen LogP contribution < -0.4 is 15.3 Å². The number of carbonyl (C=O) groups is 1. The number of aliphatic hydroxyl groups is 2. The zero-order valence-electron chi connectivity index (χ0n) is 24.4. The number of rotatable bonds is 13. The molecule has 1 unspecified atom stereocenters. The van der Waals surface area contributed by atoms with Crippen molar-refractivity contribution in [2.75, 3.05) is 18.9 Å². The second kappa shape index (κ2) is 13.4. The molecule has 0 amide bonds. The number of nitriles is 1. The fourth-order valence-electron chi connectivity index (χ4n) is 4.79. The van der Waals surface area contributed by atoms with Crippen LogP contribution in [0.1, 0.15) is 51.8 Å². The van der Waals surface area contributed by atoms with Gasteiger partial charge in [0.15, 0.2) is 5.82 Å². The maximum Gasteiger partial charge on any atom is 0.459 e. The summed E-state index contributed by atoms with van der Waals surface area (Å²) < 4.78 is 38.3. The lowest BCUT2D eigenvalue weighted by molar-refractivity contribution is -0.146. The topological polar surface area (TPSA) is 204 Å². The molecular weight excluding hydrogens is 579 g/mol. The lowest BCUT2D eigenvalue weighted by Gasteiger charge is -2.27. The van der Waals surface area contributed by atoms with Crippen LogP contribution in [0.4, 0.5) is 5.82 Å². The highest BCUT2D eigenvalue weighted by Gasteiger charge is 2.54. The molecule has 3 heterocycles. The van der Waals surface area contributed by atoms with Gasteiger partial charge in [-0.1, -0.05) is 26.7 Å². The standard InChI is InChI=1S/C28H37N6O8P/c1-5-18(6-2)14-39-27(37)17(3)33-43(38,42-20-9-7-19(13-29)8-10-20)40-15-22-24(35)25(36)28(4,41-22)23-12-11-21-26(30)31-16-32-34(21)23/h7-12,16-18,22,24-25,35-36H,5-6,14-15H2,1-4H3,(H,33,38)(H2,30,31,32)/t17-,22+,24+,25+,28-,43?/m0/s1. The number of anilines is 1. The molecule has 1 aliphatic rings. The molecule has 0 radical (unpaired) electrons. The lowest BCUT2D eigenvalue weighted by Crippen LogP contribution is -2.40. The Labute approximate surface area is 249 Å². The predicted octanol–water partition coefficient (Wildman–Crippen LogP) is 2.68. The molecule has 0 saturated carbocycles. The number of aromatic nitrogens is 3. The van der Waals surface area contributed by atoms with Gasteiger partial charge in [0.1, 0.15) is 47.5 Å². The summed E-state index contributed by atoms with van der Waals surface area (Å²) in [6.07, 6.45) is -1.12. The zero-order valence-corrected chi connectivity index (χ0v) is 25.3. The minimum atomic E-state index is -4.33.